The lowest BCUT2D eigenvalue weighted by Gasteiger charge is -2.06. The molecule has 0 atom stereocenters. The Labute approximate surface area is 147 Å². The largest absolute Gasteiger partial charge is 0.343 e. The van der Waals surface area contributed by atoms with E-state index in [-0.39, 0.29) is 18.4 Å². The van der Waals surface area contributed by atoms with E-state index in [1.165, 1.54) is 0 Å². The van der Waals surface area contributed by atoms with Gasteiger partial charge in [-0.25, -0.2) is 5.43 Å². The van der Waals surface area contributed by atoms with Gasteiger partial charge >= 0.3 is 0 Å². The second-order valence-electron chi connectivity index (χ2n) is 5.59. The number of benzene rings is 2. The first-order chi connectivity index (χ1) is 12.1. The molecule has 25 heavy (non-hydrogen) atoms. The van der Waals surface area contributed by atoms with Crippen LogP contribution in [0.1, 0.15) is 28.4 Å². The number of allylic oxidation sites excluding steroid dienone is 1. The molecule has 2 rings (SSSR count). The molecular weight excluding hydrogens is 314 g/mol. The fourth-order valence-corrected chi connectivity index (χ4v) is 2.18. The van der Waals surface area contributed by atoms with E-state index in [4.69, 9.17) is 0 Å². The van der Waals surface area contributed by atoms with Crippen LogP contribution in [-0.4, -0.2) is 24.6 Å². The molecular formula is C20H21N3O2. The van der Waals surface area contributed by atoms with Crippen LogP contribution in [0.3, 0.4) is 0 Å². The summed E-state index contributed by atoms with van der Waals surface area (Å²) in [6.45, 7) is 3.61. The lowest BCUT2D eigenvalue weighted by molar-refractivity contribution is -0.120. The number of nitrogens with zero attached hydrogens (tertiary/aromatic N) is 1. The number of nitrogens with one attached hydrogen (secondary N) is 2. The lowest BCUT2D eigenvalue weighted by atomic mass is 10.1. The summed E-state index contributed by atoms with van der Waals surface area (Å²) < 4.78 is 0. The average Bonchev–Trinajstić information content (AvgIpc) is 2.61. The number of aryl methyl sites for hydroxylation is 1. The molecule has 128 valence electrons. The van der Waals surface area contributed by atoms with Gasteiger partial charge in [0.05, 0.1) is 12.8 Å². The van der Waals surface area contributed by atoms with Gasteiger partial charge in [-0.3, -0.25) is 9.59 Å². The molecule has 0 aliphatic rings. The molecule has 0 saturated carbocycles. The standard InChI is InChI=1S/C20H21N3O2/c1-15(12-17-9-4-3-5-10-17)13-22-23-19(24)14-21-20(25)18-11-7-6-8-16(18)2/h3-13H,14H2,1-2H3,(H,21,25)(H,23,24)/b15-12-,22-13+. The molecule has 0 aliphatic carbocycles. The lowest BCUT2D eigenvalue weighted by Crippen LogP contribution is -2.35. The van der Waals surface area contributed by atoms with Crippen molar-refractivity contribution in [2.75, 3.05) is 6.54 Å². The minimum atomic E-state index is -0.384. The Balaban J connectivity index is 1.80. The molecule has 2 N–H and O–H groups in total. The molecule has 5 nitrogen and oxygen atoms in total. The average molecular weight is 335 g/mol. The van der Waals surface area contributed by atoms with E-state index in [1.807, 2.05) is 62.4 Å². The third-order valence-electron chi connectivity index (χ3n) is 3.45. The Morgan fingerprint density at radius 1 is 1.04 bits per heavy atom. The molecule has 0 aromatic heterocycles. The van der Waals surface area contributed by atoms with Gasteiger partial charge in [-0.15, -0.1) is 0 Å². The maximum Gasteiger partial charge on any atom is 0.259 e. The third kappa shape index (κ3) is 6.06. The summed E-state index contributed by atoms with van der Waals surface area (Å²) in [4.78, 5) is 23.8. The molecule has 5 heteroatoms. The monoisotopic (exact) mass is 335 g/mol. The summed E-state index contributed by atoms with van der Waals surface area (Å²) >= 11 is 0. The fraction of sp³-hybridized carbons (Fsp3) is 0.150. The van der Waals surface area contributed by atoms with Crippen molar-refractivity contribution in [1.82, 2.24) is 10.7 Å². The van der Waals surface area contributed by atoms with Crippen molar-refractivity contribution in [3.63, 3.8) is 0 Å². The van der Waals surface area contributed by atoms with Gasteiger partial charge < -0.3 is 5.32 Å². The van der Waals surface area contributed by atoms with Gasteiger partial charge in [0.1, 0.15) is 0 Å². The van der Waals surface area contributed by atoms with Crippen LogP contribution in [0.25, 0.3) is 6.08 Å². The number of hydrazone groups is 1. The molecule has 0 aliphatic heterocycles. The maximum absolute atomic E-state index is 12.0. The highest BCUT2D eigenvalue weighted by atomic mass is 16.2. The topological polar surface area (TPSA) is 70.6 Å². The molecule has 0 unspecified atom stereocenters. The van der Waals surface area contributed by atoms with Crippen LogP contribution in [0, 0.1) is 6.92 Å². The maximum atomic E-state index is 12.0. The smallest absolute Gasteiger partial charge is 0.259 e. The van der Waals surface area contributed by atoms with Crippen LogP contribution < -0.4 is 10.7 Å². The van der Waals surface area contributed by atoms with Crippen LogP contribution in [0.5, 0.6) is 0 Å². The summed E-state index contributed by atoms with van der Waals surface area (Å²) in [6.07, 6.45) is 3.52. The third-order valence-corrected chi connectivity index (χ3v) is 3.45. The molecule has 2 aromatic carbocycles. The number of hydrogen-bond donors (Lipinski definition) is 2. The minimum Gasteiger partial charge on any atom is -0.343 e. The molecule has 2 aromatic rings. The van der Waals surface area contributed by atoms with Gasteiger partial charge in [-0.05, 0) is 36.6 Å². The highest BCUT2D eigenvalue weighted by Gasteiger charge is 2.09. The van der Waals surface area contributed by atoms with E-state index in [0.717, 1.165) is 16.7 Å². The number of carbonyl (C=O) groups is 2. The first-order valence-corrected chi connectivity index (χ1v) is 7.95. The predicted molar refractivity (Wildman–Crippen MR) is 100 cm³/mol. The summed E-state index contributed by atoms with van der Waals surface area (Å²) in [5.74, 6) is -0.664. The van der Waals surface area contributed by atoms with E-state index >= 15 is 0 Å². The van der Waals surface area contributed by atoms with E-state index < -0.39 is 0 Å². The second-order valence-corrected chi connectivity index (χ2v) is 5.59. The van der Waals surface area contributed by atoms with Crippen LogP contribution >= 0.6 is 0 Å². The van der Waals surface area contributed by atoms with Crippen molar-refractivity contribution in [3.05, 3.63) is 76.9 Å². The molecule has 0 heterocycles. The zero-order valence-electron chi connectivity index (χ0n) is 14.3. The quantitative estimate of drug-likeness (QED) is 0.629. The van der Waals surface area contributed by atoms with Gasteiger partial charge in [-0.2, -0.15) is 5.10 Å². The Morgan fingerprint density at radius 3 is 2.44 bits per heavy atom. The molecule has 0 saturated heterocycles. The Hall–Kier alpha value is -3.21. The number of rotatable bonds is 6. The van der Waals surface area contributed by atoms with E-state index in [1.54, 1.807) is 18.3 Å². The van der Waals surface area contributed by atoms with Crippen LogP contribution in [0.15, 0.2) is 65.3 Å². The number of carbonyl (C=O) groups excluding carboxylic acids is 2. The Kier molecular flexibility index (Phi) is 6.65. The van der Waals surface area contributed by atoms with Crippen molar-refractivity contribution >= 4 is 24.1 Å². The van der Waals surface area contributed by atoms with E-state index in [2.05, 4.69) is 15.8 Å². The van der Waals surface area contributed by atoms with Crippen molar-refractivity contribution in [3.8, 4) is 0 Å². The van der Waals surface area contributed by atoms with Gasteiger partial charge in [0.15, 0.2) is 0 Å². The number of hydrogen-bond acceptors (Lipinski definition) is 3. The van der Waals surface area contributed by atoms with E-state index in [9.17, 15) is 9.59 Å². The molecule has 2 amide bonds. The second kappa shape index (κ2) is 9.17. The van der Waals surface area contributed by atoms with Crippen molar-refractivity contribution in [2.45, 2.75) is 13.8 Å². The van der Waals surface area contributed by atoms with Crippen LogP contribution in [0.2, 0.25) is 0 Å². The fourth-order valence-electron chi connectivity index (χ4n) is 2.18. The summed E-state index contributed by atoms with van der Waals surface area (Å²) in [6, 6.07) is 17.0. The molecule has 0 bridgehead atoms. The minimum absolute atomic E-state index is 0.133. The number of amides is 2. The van der Waals surface area contributed by atoms with Gasteiger partial charge in [0.25, 0.3) is 11.8 Å². The van der Waals surface area contributed by atoms with Crippen LogP contribution in [0.4, 0.5) is 0 Å². The van der Waals surface area contributed by atoms with Crippen molar-refractivity contribution in [2.24, 2.45) is 5.10 Å². The Bertz CT molecular complexity index is 796. The summed E-state index contributed by atoms with van der Waals surface area (Å²) in [5, 5.41) is 6.47. The molecule has 0 spiro atoms. The first kappa shape index (κ1) is 18.1. The van der Waals surface area contributed by atoms with Gasteiger partial charge in [0, 0.05) is 5.56 Å². The summed E-state index contributed by atoms with van der Waals surface area (Å²) in [7, 11) is 0. The zero-order chi connectivity index (χ0) is 18.1. The summed E-state index contributed by atoms with van der Waals surface area (Å²) in [5.41, 5.74) is 5.77. The predicted octanol–water partition coefficient (Wildman–Crippen LogP) is 2.93. The first-order valence-electron chi connectivity index (χ1n) is 7.95. The highest BCUT2D eigenvalue weighted by Crippen LogP contribution is 2.06. The normalized spacial score (nSPS) is 11.4. The van der Waals surface area contributed by atoms with E-state index in [0.29, 0.717) is 5.56 Å². The molecule has 0 fully saturated rings. The molecule has 0 radical (unpaired) electrons. The van der Waals surface area contributed by atoms with Gasteiger partial charge in [-0.1, -0.05) is 54.6 Å². The van der Waals surface area contributed by atoms with Crippen LogP contribution in [-0.2, 0) is 4.79 Å². The van der Waals surface area contributed by atoms with Crippen molar-refractivity contribution in [1.29, 1.82) is 0 Å². The zero-order valence-corrected chi connectivity index (χ0v) is 14.3. The SMILES string of the molecule is CC(=C/c1ccccc1)/C=N/NC(=O)CNC(=O)c1ccccc1C. The van der Waals surface area contributed by atoms with Crippen molar-refractivity contribution < 1.29 is 9.59 Å². The van der Waals surface area contributed by atoms with Gasteiger partial charge in [0.2, 0.25) is 0 Å². The highest BCUT2D eigenvalue weighted by molar-refractivity contribution is 5.97. The Morgan fingerprint density at radius 2 is 1.72 bits per heavy atom.